The van der Waals surface area contributed by atoms with Crippen molar-refractivity contribution in [1.82, 2.24) is 0 Å². The van der Waals surface area contributed by atoms with E-state index in [-0.39, 0.29) is 23.5 Å². The average molecular weight is 298 g/mol. The van der Waals surface area contributed by atoms with E-state index in [2.05, 4.69) is 9.47 Å². The number of benzene rings is 1. The van der Waals surface area contributed by atoms with Gasteiger partial charge in [0.15, 0.2) is 6.10 Å². The van der Waals surface area contributed by atoms with Gasteiger partial charge in [0.05, 0.1) is 26.4 Å². The minimum atomic E-state index is -1.75. The zero-order chi connectivity index (χ0) is 16.0. The van der Waals surface area contributed by atoms with Crippen LogP contribution in [0.2, 0.25) is 0 Å². The monoisotopic (exact) mass is 298 g/mol. The Morgan fingerprint density at radius 1 is 1.24 bits per heavy atom. The summed E-state index contributed by atoms with van der Waals surface area (Å²) in [4.78, 5) is 22.9. The molecule has 7 nitrogen and oxygen atoms in total. The first-order valence-electron chi connectivity index (χ1n) is 6.25. The van der Waals surface area contributed by atoms with E-state index in [9.17, 15) is 19.8 Å². The van der Waals surface area contributed by atoms with Crippen molar-refractivity contribution >= 4 is 11.9 Å². The molecule has 0 amide bonds. The molecular weight excluding hydrogens is 280 g/mol. The number of aliphatic hydroxyl groups is 2. The quantitative estimate of drug-likeness (QED) is 0.734. The van der Waals surface area contributed by atoms with Crippen LogP contribution < -0.4 is 4.74 Å². The van der Waals surface area contributed by atoms with Gasteiger partial charge in [-0.1, -0.05) is 6.07 Å². The first-order valence-corrected chi connectivity index (χ1v) is 6.25. The maximum absolute atomic E-state index is 11.4. The molecule has 0 fully saturated rings. The molecule has 2 atom stereocenters. The first-order chi connectivity index (χ1) is 9.96. The summed E-state index contributed by atoms with van der Waals surface area (Å²) in [6, 6.07) is 4.12. The van der Waals surface area contributed by atoms with Gasteiger partial charge in [-0.25, -0.2) is 9.59 Å². The number of aliphatic hydroxyl groups excluding tert-OH is 2. The van der Waals surface area contributed by atoms with Crippen LogP contribution in [0.25, 0.3) is 0 Å². The van der Waals surface area contributed by atoms with Crippen LogP contribution >= 0.6 is 0 Å². The van der Waals surface area contributed by atoms with E-state index in [1.165, 1.54) is 32.4 Å². The fraction of sp³-hybridized carbons (Fsp3) is 0.429. The molecule has 2 unspecified atom stereocenters. The second-order valence-corrected chi connectivity index (χ2v) is 4.09. The number of esters is 2. The summed E-state index contributed by atoms with van der Waals surface area (Å²) in [5.74, 6) is -1.36. The third-order valence-corrected chi connectivity index (χ3v) is 2.80. The molecule has 21 heavy (non-hydrogen) atoms. The zero-order valence-electron chi connectivity index (χ0n) is 12.0. The van der Waals surface area contributed by atoms with Crippen LogP contribution in [0.4, 0.5) is 0 Å². The largest absolute Gasteiger partial charge is 0.496 e. The Hall–Kier alpha value is -2.12. The van der Waals surface area contributed by atoms with Crippen LogP contribution in [0.15, 0.2) is 18.2 Å². The van der Waals surface area contributed by atoms with Crippen LogP contribution in [0.3, 0.4) is 0 Å². The average Bonchev–Trinajstić information content (AvgIpc) is 2.52. The van der Waals surface area contributed by atoms with Crippen molar-refractivity contribution < 1.29 is 34.0 Å². The Labute approximate surface area is 122 Å². The first kappa shape index (κ1) is 16.9. The highest BCUT2D eigenvalue weighted by Crippen LogP contribution is 2.29. The number of carbonyl (C=O) groups is 2. The fourth-order valence-electron chi connectivity index (χ4n) is 1.73. The molecule has 0 radical (unpaired) electrons. The van der Waals surface area contributed by atoms with Gasteiger partial charge in [0.25, 0.3) is 0 Å². The molecule has 0 aromatic heterocycles. The van der Waals surface area contributed by atoms with Gasteiger partial charge in [-0.05, 0) is 19.1 Å². The third-order valence-electron chi connectivity index (χ3n) is 2.80. The maximum Gasteiger partial charge on any atom is 0.338 e. The summed E-state index contributed by atoms with van der Waals surface area (Å²) in [6.45, 7) is 1.67. The Morgan fingerprint density at radius 3 is 2.43 bits per heavy atom. The Kier molecular flexibility index (Phi) is 6.13. The lowest BCUT2D eigenvalue weighted by molar-refractivity contribution is -0.159. The zero-order valence-corrected chi connectivity index (χ0v) is 12.0. The normalized spacial score (nSPS) is 13.2. The Balaban J connectivity index is 3.06. The van der Waals surface area contributed by atoms with Crippen LogP contribution in [-0.2, 0) is 14.3 Å². The smallest absolute Gasteiger partial charge is 0.338 e. The van der Waals surface area contributed by atoms with Gasteiger partial charge in [0.1, 0.15) is 11.9 Å². The molecule has 0 aliphatic rings. The summed E-state index contributed by atoms with van der Waals surface area (Å²) in [6.07, 6.45) is -3.28. The van der Waals surface area contributed by atoms with Gasteiger partial charge in [-0.3, -0.25) is 0 Å². The van der Waals surface area contributed by atoms with Crippen molar-refractivity contribution in [2.75, 3.05) is 20.8 Å². The highest BCUT2D eigenvalue weighted by atomic mass is 16.5. The summed E-state index contributed by atoms with van der Waals surface area (Å²) >= 11 is 0. The van der Waals surface area contributed by atoms with Crippen LogP contribution in [0, 0.1) is 0 Å². The van der Waals surface area contributed by atoms with E-state index in [1.807, 2.05) is 0 Å². The predicted molar refractivity (Wildman–Crippen MR) is 71.9 cm³/mol. The lowest BCUT2D eigenvalue weighted by Crippen LogP contribution is -2.30. The van der Waals surface area contributed by atoms with Crippen molar-refractivity contribution in [3.63, 3.8) is 0 Å². The van der Waals surface area contributed by atoms with Gasteiger partial charge in [-0.15, -0.1) is 0 Å². The molecule has 1 rings (SSSR count). The molecule has 0 saturated heterocycles. The van der Waals surface area contributed by atoms with E-state index < -0.39 is 24.1 Å². The number of hydrogen-bond donors (Lipinski definition) is 2. The number of ether oxygens (including phenoxy) is 3. The van der Waals surface area contributed by atoms with Gasteiger partial charge in [0, 0.05) is 5.56 Å². The summed E-state index contributed by atoms with van der Waals surface area (Å²) < 4.78 is 14.3. The van der Waals surface area contributed by atoms with Gasteiger partial charge < -0.3 is 24.4 Å². The molecule has 0 saturated carbocycles. The van der Waals surface area contributed by atoms with Crippen LogP contribution in [0.5, 0.6) is 5.75 Å². The fourth-order valence-corrected chi connectivity index (χ4v) is 1.73. The summed E-state index contributed by atoms with van der Waals surface area (Å²) in [5, 5.41) is 19.8. The minimum Gasteiger partial charge on any atom is -0.496 e. The van der Waals surface area contributed by atoms with E-state index in [0.29, 0.717) is 0 Å². The van der Waals surface area contributed by atoms with Crippen LogP contribution in [0.1, 0.15) is 28.9 Å². The highest BCUT2D eigenvalue weighted by molar-refractivity contribution is 5.90. The number of hydrogen-bond acceptors (Lipinski definition) is 7. The van der Waals surface area contributed by atoms with Gasteiger partial charge >= 0.3 is 11.9 Å². The third kappa shape index (κ3) is 3.93. The van der Waals surface area contributed by atoms with Gasteiger partial charge in [-0.2, -0.15) is 0 Å². The summed E-state index contributed by atoms with van der Waals surface area (Å²) in [7, 11) is 2.57. The van der Waals surface area contributed by atoms with E-state index in [4.69, 9.17) is 4.74 Å². The molecule has 0 aliphatic carbocycles. The van der Waals surface area contributed by atoms with E-state index >= 15 is 0 Å². The van der Waals surface area contributed by atoms with Crippen molar-refractivity contribution in [2.24, 2.45) is 0 Å². The second-order valence-electron chi connectivity index (χ2n) is 4.09. The van der Waals surface area contributed by atoms with Crippen LogP contribution in [-0.4, -0.2) is 49.1 Å². The Bertz CT molecular complexity index is 512. The topological polar surface area (TPSA) is 102 Å². The molecule has 1 aromatic rings. The summed E-state index contributed by atoms with van der Waals surface area (Å²) in [5.41, 5.74) is 0.377. The molecule has 1 aromatic carbocycles. The van der Waals surface area contributed by atoms with E-state index in [0.717, 1.165) is 0 Å². The lowest BCUT2D eigenvalue weighted by Gasteiger charge is -2.19. The molecule has 0 bridgehead atoms. The lowest BCUT2D eigenvalue weighted by atomic mass is 10.0. The molecule has 7 heteroatoms. The highest BCUT2D eigenvalue weighted by Gasteiger charge is 2.29. The van der Waals surface area contributed by atoms with Crippen molar-refractivity contribution in [1.29, 1.82) is 0 Å². The standard InChI is InChI=1S/C14H18O7/c1-4-21-14(18)12(16)11(15)9-6-5-8(13(17)20-3)7-10(9)19-2/h5-7,11-12,15-16H,4H2,1-3H3. The van der Waals surface area contributed by atoms with Crippen molar-refractivity contribution in [2.45, 2.75) is 19.1 Å². The maximum atomic E-state index is 11.4. The van der Waals surface area contributed by atoms with E-state index in [1.54, 1.807) is 6.92 Å². The van der Waals surface area contributed by atoms with Crippen molar-refractivity contribution in [3.05, 3.63) is 29.3 Å². The molecule has 0 heterocycles. The molecule has 116 valence electrons. The second kappa shape index (κ2) is 7.61. The number of methoxy groups -OCH3 is 2. The van der Waals surface area contributed by atoms with Crippen molar-refractivity contribution in [3.8, 4) is 5.75 Å². The SMILES string of the molecule is CCOC(=O)C(O)C(O)c1ccc(C(=O)OC)cc1OC. The number of rotatable bonds is 6. The van der Waals surface area contributed by atoms with Gasteiger partial charge in [0.2, 0.25) is 0 Å². The molecule has 2 N–H and O–H groups in total. The Morgan fingerprint density at radius 2 is 1.90 bits per heavy atom. The minimum absolute atomic E-state index is 0.0844. The predicted octanol–water partition coefficient (Wildman–Crippen LogP) is 0.439. The molecule has 0 spiro atoms. The molecular formula is C14H18O7. The molecule has 0 aliphatic heterocycles. The number of carbonyl (C=O) groups excluding carboxylic acids is 2.